The summed E-state index contributed by atoms with van der Waals surface area (Å²) < 4.78 is 5.59. The van der Waals surface area contributed by atoms with Gasteiger partial charge >= 0.3 is 0 Å². The van der Waals surface area contributed by atoms with Gasteiger partial charge in [0.2, 0.25) is 5.91 Å². The summed E-state index contributed by atoms with van der Waals surface area (Å²) in [4.78, 5) is 11.8. The van der Waals surface area contributed by atoms with Crippen molar-refractivity contribution in [3.8, 4) is 5.75 Å². The summed E-state index contributed by atoms with van der Waals surface area (Å²) in [5, 5.41) is 3.00. The molecule has 0 aliphatic heterocycles. The van der Waals surface area contributed by atoms with E-state index in [1.54, 1.807) is 0 Å². The van der Waals surface area contributed by atoms with Crippen molar-refractivity contribution in [1.29, 1.82) is 0 Å². The van der Waals surface area contributed by atoms with Gasteiger partial charge in [-0.2, -0.15) is 0 Å². The molecule has 1 aromatic carbocycles. The van der Waals surface area contributed by atoms with Crippen molar-refractivity contribution in [2.45, 2.75) is 45.1 Å². The first-order chi connectivity index (χ1) is 10.1. The maximum Gasteiger partial charge on any atom is 0.223 e. The van der Waals surface area contributed by atoms with E-state index in [0.717, 1.165) is 30.7 Å². The van der Waals surface area contributed by atoms with E-state index < -0.39 is 0 Å². The summed E-state index contributed by atoms with van der Waals surface area (Å²) in [6.07, 6.45) is 4.90. The fourth-order valence-corrected chi connectivity index (χ4v) is 2.83. The van der Waals surface area contributed by atoms with Gasteiger partial charge in [-0.25, -0.2) is 0 Å². The topological polar surface area (TPSA) is 64.3 Å². The molecule has 116 valence electrons. The summed E-state index contributed by atoms with van der Waals surface area (Å²) in [6, 6.07) is 8.17. The number of amides is 1. The highest BCUT2D eigenvalue weighted by molar-refractivity contribution is 5.75. The molecule has 4 heteroatoms. The molecular weight excluding hydrogens is 264 g/mol. The van der Waals surface area contributed by atoms with Gasteiger partial charge in [-0.15, -0.1) is 0 Å². The number of nitrogens with two attached hydrogens (primary N) is 1. The van der Waals surface area contributed by atoms with E-state index in [0.29, 0.717) is 25.0 Å². The van der Waals surface area contributed by atoms with Crippen LogP contribution in [0.15, 0.2) is 24.3 Å². The first kappa shape index (κ1) is 15.8. The molecule has 0 heterocycles. The second kappa shape index (κ2) is 8.03. The Bertz CT molecular complexity index is 462. The number of nitrogens with one attached hydrogen (secondary N) is 1. The number of hydrogen-bond donors (Lipinski definition) is 2. The van der Waals surface area contributed by atoms with Gasteiger partial charge in [0.05, 0.1) is 13.0 Å². The Morgan fingerprint density at radius 2 is 2.29 bits per heavy atom. The molecule has 0 radical (unpaired) electrons. The van der Waals surface area contributed by atoms with E-state index in [1.165, 1.54) is 12.8 Å². The Labute approximate surface area is 127 Å². The van der Waals surface area contributed by atoms with Crippen molar-refractivity contribution in [3.63, 3.8) is 0 Å². The van der Waals surface area contributed by atoms with Crippen LogP contribution >= 0.6 is 0 Å². The maximum absolute atomic E-state index is 11.8. The smallest absolute Gasteiger partial charge is 0.223 e. The van der Waals surface area contributed by atoms with Crippen LogP contribution in [0.5, 0.6) is 5.75 Å². The second-order valence-corrected chi connectivity index (χ2v) is 6.01. The molecule has 3 N–H and O–H groups in total. The van der Waals surface area contributed by atoms with E-state index in [4.69, 9.17) is 10.5 Å². The monoisotopic (exact) mass is 290 g/mol. The molecule has 1 fully saturated rings. The molecule has 1 amide bonds. The third-order valence-electron chi connectivity index (χ3n) is 4.00. The average molecular weight is 290 g/mol. The number of rotatable bonds is 6. The Morgan fingerprint density at radius 1 is 1.43 bits per heavy atom. The molecule has 0 aromatic heterocycles. The fraction of sp³-hybridized carbons (Fsp3) is 0.588. The van der Waals surface area contributed by atoms with Crippen molar-refractivity contribution in [2.24, 2.45) is 11.7 Å². The van der Waals surface area contributed by atoms with Crippen molar-refractivity contribution in [1.82, 2.24) is 5.32 Å². The van der Waals surface area contributed by atoms with Crippen LogP contribution in [0.2, 0.25) is 0 Å². The number of carbonyl (C=O) groups excluding carboxylic acids is 1. The van der Waals surface area contributed by atoms with Gasteiger partial charge < -0.3 is 15.8 Å². The molecule has 1 aromatic rings. The standard InChI is InChI=1S/C17H26N2O2/c1-13-4-2-7-16(10-13)21-9-8-17(20)19-12-14-5-3-6-15(18)11-14/h2,4,7,10,14-15H,3,5-6,8-9,11-12,18H2,1H3,(H,19,20). The van der Waals surface area contributed by atoms with Gasteiger partial charge in [0, 0.05) is 12.6 Å². The number of carbonyl (C=O) groups is 1. The highest BCUT2D eigenvalue weighted by Crippen LogP contribution is 2.22. The van der Waals surface area contributed by atoms with Crippen molar-refractivity contribution >= 4 is 5.91 Å². The molecule has 1 aliphatic carbocycles. The summed E-state index contributed by atoms with van der Waals surface area (Å²) >= 11 is 0. The minimum atomic E-state index is 0.0572. The summed E-state index contributed by atoms with van der Waals surface area (Å²) in [6.45, 7) is 3.19. The van der Waals surface area contributed by atoms with E-state index >= 15 is 0 Å². The van der Waals surface area contributed by atoms with Crippen LogP contribution in [0.25, 0.3) is 0 Å². The zero-order chi connectivity index (χ0) is 15.1. The third kappa shape index (κ3) is 5.76. The van der Waals surface area contributed by atoms with Gasteiger partial charge in [-0.3, -0.25) is 4.79 Å². The van der Waals surface area contributed by atoms with E-state index in [-0.39, 0.29) is 5.91 Å². The first-order valence-electron chi connectivity index (χ1n) is 7.85. The SMILES string of the molecule is Cc1cccc(OCCC(=O)NCC2CCCC(N)C2)c1. The van der Waals surface area contributed by atoms with E-state index in [9.17, 15) is 4.79 Å². The van der Waals surface area contributed by atoms with Crippen LogP contribution in [-0.2, 0) is 4.79 Å². The van der Waals surface area contributed by atoms with Gasteiger partial charge in [-0.1, -0.05) is 18.6 Å². The number of ether oxygens (including phenoxy) is 1. The molecule has 2 rings (SSSR count). The molecule has 21 heavy (non-hydrogen) atoms. The summed E-state index contributed by atoms with van der Waals surface area (Å²) in [5.41, 5.74) is 7.11. The largest absolute Gasteiger partial charge is 0.493 e. The predicted molar refractivity (Wildman–Crippen MR) is 84.2 cm³/mol. The Balaban J connectivity index is 1.61. The fourth-order valence-electron chi connectivity index (χ4n) is 2.83. The lowest BCUT2D eigenvalue weighted by Gasteiger charge is -2.26. The van der Waals surface area contributed by atoms with Crippen molar-refractivity contribution in [3.05, 3.63) is 29.8 Å². The van der Waals surface area contributed by atoms with Gasteiger partial charge in [0.1, 0.15) is 5.75 Å². The van der Waals surface area contributed by atoms with Gasteiger partial charge in [-0.05, 0) is 49.8 Å². The van der Waals surface area contributed by atoms with Gasteiger partial charge in [0.25, 0.3) is 0 Å². The normalized spacial score (nSPS) is 21.8. The average Bonchev–Trinajstić information content (AvgIpc) is 2.45. The zero-order valence-corrected chi connectivity index (χ0v) is 12.8. The summed E-state index contributed by atoms with van der Waals surface area (Å²) in [5.74, 6) is 1.42. The lowest BCUT2D eigenvalue weighted by molar-refractivity contribution is -0.121. The highest BCUT2D eigenvalue weighted by atomic mass is 16.5. The Kier molecular flexibility index (Phi) is 6.05. The molecule has 0 spiro atoms. The van der Waals surface area contributed by atoms with Crippen LogP contribution in [0.1, 0.15) is 37.7 Å². The molecule has 2 unspecified atom stereocenters. The predicted octanol–water partition coefficient (Wildman–Crippen LogP) is 2.40. The number of benzene rings is 1. The Hall–Kier alpha value is -1.55. The third-order valence-corrected chi connectivity index (χ3v) is 4.00. The second-order valence-electron chi connectivity index (χ2n) is 6.01. The number of aryl methyl sites for hydroxylation is 1. The molecule has 4 nitrogen and oxygen atoms in total. The zero-order valence-electron chi connectivity index (χ0n) is 12.8. The molecule has 0 bridgehead atoms. The van der Waals surface area contributed by atoms with E-state index in [2.05, 4.69) is 5.32 Å². The van der Waals surface area contributed by atoms with Crippen molar-refractivity contribution < 1.29 is 9.53 Å². The van der Waals surface area contributed by atoms with E-state index in [1.807, 2.05) is 31.2 Å². The van der Waals surface area contributed by atoms with Crippen LogP contribution in [0, 0.1) is 12.8 Å². The van der Waals surface area contributed by atoms with Crippen molar-refractivity contribution in [2.75, 3.05) is 13.2 Å². The molecular formula is C17H26N2O2. The van der Waals surface area contributed by atoms with Crippen LogP contribution < -0.4 is 15.8 Å². The first-order valence-corrected chi connectivity index (χ1v) is 7.85. The minimum absolute atomic E-state index is 0.0572. The number of hydrogen-bond acceptors (Lipinski definition) is 3. The molecule has 2 atom stereocenters. The molecule has 0 saturated heterocycles. The lowest BCUT2D eigenvalue weighted by Crippen LogP contribution is -2.36. The quantitative estimate of drug-likeness (QED) is 0.845. The van der Waals surface area contributed by atoms with Crippen LogP contribution in [0.4, 0.5) is 0 Å². The lowest BCUT2D eigenvalue weighted by atomic mass is 9.86. The summed E-state index contributed by atoms with van der Waals surface area (Å²) in [7, 11) is 0. The van der Waals surface area contributed by atoms with Gasteiger partial charge in [0.15, 0.2) is 0 Å². The van der Waals surface area contributed by atoms with Crippen LogP contribution in [-0.4, -0.2) is 25.1 Å². The highest BCUT2D eigenvalue weighted by Gasteiger charge is 2.19. The van der Waals surface area contributed by atoms with Crippen LogP contribution in [0.3, 0.4) is 0 Å². The minimum Gasteiger partial charge on any atom is -0.493 e. The molecule has 1 saturated carbocycles. The maximum atomic E-state index is 11.8. The molecule has 1 aliphatic rings. The Morgan fingerprint density at radius 3 is 3.05 bits per heavy atom.